The number of hydrogen-bond donors (Lipinski definition) is 4. The first kappa shape index (κ1) is 28.9. The van der Waals surface area contributed by atoms with Gasteiger partial charge in [0.05, 0.1) is 0 Å². The molecule has 2 aromatic rings. The summed E-state index contributed by atoms with van der Waals surface area (Å²) in [5.41, 5.74) is 8.69. The Morgan fingerprint density at radius 2 is 1.50 bits per heavy atom. The lowest BCUT2D eigenvalue weighted by atomic mass is 9.98. The Morgan fingerprint density at radius 3 is 2.10 bits per heavy atom. The van der Waals surface area contributed by atoms with Crippen LogP contribution < -0.4 is 21.5 Å². The molecular formula is C30H38N4O6. The maximum atomic E-state index is 12.7. The number of ether oxygens (including phenoxy) is 2. The van der Waals surface area contributed by atoms with Crippen molar-refractivity contribution >= 4 is 24.0 Å². The van der Waals surface area contributed by atoms with Crippen LogP contribution in [0.1, 0.15) is 69.9 Å². The molecule has 0 bridgehead atoms. The minimum atomic E-state index is -0.913. The van der Waals surface area contributed by atoms with Gasteiger partial charge in [-0.2, -0.15) is 0 Å². The van der Waals surface area contributed by atoms with E-state index in [0.29, 0.717) is 19.4 Å². The Morgan fingerprint density at radius 1 is 0.875 bits per heavy atom. The van der Waals surface area contributed by atoms with Gasteiger partial charge in [0, 0.05) is 18.4 Å². The number of fused-ring (bicyclic) bond motifs is 3. The predicted molar refractivity (Wildman–Crippen MR) is 149 cm³/mol. The van der Waals surface area contributed by atoms with Gasteiger partial charge in [-0.3, -0.25) is 20.4 Å². The number of rotatable bonds is 10. The first-order valence-electron chi connectivity index (χ1n) is 13.8. The normalized spacial score (nSPS) is 14.8. The van der Waals surface area contributed by atoms with Crippen LogP contribution in [0, 0.1) is 5.92 Å². The monoisotopic (exact) mass is 550 g/mol. The maximum absolute atomic E-state index is 12.7. The Labute approximate surface area is 234 Å². The van der Waals surface area contributed by atoms with E-state index in [2.05, 4.69) is 45.8 Å². The second-order valence-electron chi connectivity index (χ2n) is 11.2. The second kappa shape index (κ2) is 12.8. The zero-order chi connectivity index (χ0) is 28.7. The van der Waals surface area contributed by atoms with E-state index in [1.807, 2.05) is 24.3 Å². The SMILES string of the molecule is CC(C)(C)OC(=O)N[C@@H](CCCCNC(=O)OCC1c2ccccc2-c2ccccc21)C(=O)NNC(=O)C1CC1. The lowest BCUT2D eigenvalue weighted by Crippen LogP contribution is -2.53. The summed E-state index contributed by atoms with van der Waals surface area (Å²) in [6.45, 7) is 5.76. The molecule has 1 saturated carbocycles. The first-order valence-corrected chi connectivity index (χ1v) is 13.8. The summed E-state index contributed by atoms with van der Waals surface area (Å²) < 4.78 is 10.8. The fraction of sp³-hybridized carbons (Fsp3) is 0.467. The molecule has 4 amide bonds. The molecule has 4 N–H and O–H groups in total. The van der Waals surface area contributed by atoms with Crippen LogP contribution in [0.2, 0.25) is 0 Å². The average Bonchev–Trinajstić information content (AvgIpc) is 3.71. The third-order valence-corrected chi connectivity index (χ3v) is 6.80. The molecule has 2 aromatic carbocycles. The van der Waals surface area contributed by atoms with Crippen molar-refractivity contribution in [1.82, 2.24) is 21.5 Å². The lowest BCUT2D eigenvalue weighted by Gasteiger charge is -2.23. The molecule has 0 heterocycles. The summed E-state index contributed by atoms with van der Waals surface area (Å²) >= 11 is 0. The number of carbonyl (C=O) groups excluding carboxylic acids is 4. The molecule has 0 unspecified atom stereocenters. The van der Waals surface area contributed by atoms with E-state index in [9.17, 15) is 19.2 Å². The summed E-state index contributed by atoms with van der Waals surface area (Å²) in [4.78, 5) is 49.2. The Balaban J connectivity index is 1.21. The van der Waals surface area contributed by atoms with Crippen molar-refractivity contribution in [3.8, 4) is 11.1 Å². The van der Waals surface area contributed by atoms with Gasteiger partial charge in [0.15, 0.2) is 0 Å². The van der Waals surface area contributed by atoms with Crippen LogP contribution in [0.5, 0.6) is 0 Å². The number of unbranched alkanes of at least 4 members (excludes halogenated alkanes) is 1. The molecule has 10 heteroatoms. The summed E-state index contributed by atoms with van der Waals surface area (Å²) in [5.74, 6) is -0.862. The van der Waals surface area contributed by atoms with Gasteiger partial charge in [-0.1, -0.05) is 48.5 Å². The van der Waals surface area contributed by atoms with Crippen LogP contribution in [0.25, 0.3) is 11.1 Å². The van der Waals surface area contributed by atoms with E-state index in [1.54, 1.807) is 20.8 Å². The standard InChI is InChI=1S/C30H38N4O6/c1-30(2,3)40-29(38)32-25(27(36)34-33-26(35)19-15-16-19)14-8-9-17-31-28(37)39-18-24-22-12-6-4-10-20(22)21-11-5-7-13-23(21)24/h4-7,10-13,19,24-25H,8-9,14-18H2,1-3H3,(H,31,37)(H,32,38)(H,33,35)(H,34,36)/t25-/m0/s1. The van der Waals surface area contributed by atoms with Crippen molar-refractivity contribution < 1.29 is 28.7 Å². The van der Waals surface area contributed by atoms with Crippen molar-refractivity contribution in [1.29, 1.82) is 0 Å². The molecule has 0 aromatic heterocycles. The summed E-state index contributed by atoms with van der Waals surface area (Å²) in [5, 5.41) is 5.33. The van der Waals surface area contributed by atoms with Crippen molar-refractivity contribution in [2.24, 2.45) is 5.92 Å². The van der Waals surface area contributed by atoms with Crippen LogP contribution in [0.3, 0.4) is 0 Å². The molecule has 214 valence electrons. The first-order chi connectivity index (χ1) is 19.1. The maximum Gasteiger partial charge on any atom is 0.408 e. The van der Waals surface area contributed by atoms with Crippen molar-refractivity contribution in [3.05, 3.63) is 59.7 Å². The summed E-state index contributed by atoms with van der Waals surface area (Å²) in [7, 11) is 0. The van der Waals surface area contributed by atoms with E-state index in [-0.39, 0.29) is 30.8 Å². The van der Waals surface area contributed by atoms with Crippen LogP contribution >= 0.6 is 0 Å². The van der Waals surface area contributed by atoms with Gasteiger partial charge in [0.2, 0.25) is 5.91 Å². The molecular weight excluding hydrogens is 512 g/mol. The third-order valence-electron chi connectivity index (χ3n) is 6.80. The molecule has 0 saturated heterocycles. The number of hydrogen-bond acceptors (Lipinski definition) is 6. The van der Waals surface area contributed by atoms with Crippen LogP contribution in [-0.4, -0.2) is 48.8 Å². The third kappa shape index (κ3) is 7.97. The molecule has 10 nitrogen and oxygen atoms in total. The molecule has 0 aliphatic heterocycles. The van der Waals surface area contributed by atoms with Crippen LogP contribution in [0.4, 0.5) is 9.59 Å². The average molecular weight is 551 g/mol. The van der Waals surface area contributed by atoms with Gasteiger partial charge in [-0.15, -0.1) is 0 Å². The topological polar surface area (TPSA) is 135 Å². The highest BCUT2D eigenvalue weighted by atomic mass is 16.6. The van der Waals surface area contributed by atoms with Crippen LogP contribution in [-0.2, 0) is 19.1 Å². The summed E-state index contributed by atoms with van der Waals surface area (Å²) in [6, 6.07) is 15.4. The zero-order valence-corrected chi connectivity index (χ0v) is 23.3. The van der Waals surface area contributed by atoms with E-state index in [0.717, 1.165) is 35.1 Å². The highest BCUT2D eigenvalue weighted by molar-refractivity contribution is 5.88. The van der Waals surface area contributed by atoms with Gasteiger partial charge in [-0.25, -0.2) is 9.59 Å². The van der Waals surface area contributed by atoms with Gasteiger partial charge < -0.3 is 20.1 Å². The molecule has 2 aliphatic rings. The van der Waals surface area contributed by atoms with Crippen LogP contribution in [0.15, 0.2) is 48.5 Å². The number of benzene rings is 2. The molecule has 1 fully saturated rings. The van der Waals surface area contributed by atoms with Gasteiger partial charge in [0.1, 0.15) is 18.2 Å². The van der Waals surface area contributed by atoms with Gasteiger partial charge in [0.25, 0.3) is 5.91 Å². The van der Waals surface area contributed by atoms with E-state index >= 15 is 0 Å². The van der Waals surface area contributed by atoms with E-state index in [1.165, 1.54) is 0 Å². The Bertz CT molecular complexity index is 1190. The molecule has 1 atom stereocenters. The Hall–Kier alpha value is -4.08. The number of amides is 4. The minimum Gasteiger partial charge on any atom is -0.449 e. The fourth-order valence-electron chi connectivity index (χ4n) is 4.69. The van der Waals surface area contributed by atoms with E-state index in [4.69, 9.17) is 9.47 Å². The lowest BCUT2D eigenvalue weighted by molar-refractivity contribution is -0.130. The van der Waals surface area contributed by atoms with Crippen molar-refractivity contribution in [2.45, 2.75) is 70.4 Å². The molecule has 2 aliphatic carbocycles. The smallest absolute Gasteiger partial charge is 0.408 e. The number of hydrazine groups is 1. The number of alkyl carbamates (subject to hydrolysis) is 2. The zero-order valence-electron chi connectivity index (χ0n) is 23.3. The van der Waals surface area contributed by atoms with Gasteiger partial charge >= 0.3 is 12.2 Å². The highest BCUT2D eigenvalue weighted by Gasteiger charge is 2.31. The fourth-order valence-corrected chi connectivity index (χ4v) is 4.69. The number of carbonyl (C=O) groups is 4. The molecule has 0 spiro atoms. The molecule has 40 heavy (non-hydrogen) atoms. The largest absolute Gasteiger partial charge is 0.449 e. The summed E-state index contributed by atoms with van der Waals surface area (Å²) in [6.07, 6.45) is 1.74. The number of nitrogens with one attached hydrogen (secondary N) is 4. The van der Waals surface area contributed by atoms with Crippen molar-refractivity contribution in [2.75, 3.05) is 13.2 Å². The Kier molecular flexibility index (Phi) is 9.29. The highest BCUT2D eigenvalue weighted by Crippen LogP contribution is 2.44. The van der Waals surface area contributed by atoms with Gasteiger partial charge in [-0.05, 0) is 75.1 Å². The van der Waals surface area contributed by atoms with Crippen molar-refractivity contribution in [3.63, 3.8) is 0 Å². The quantitative estimate of drug-likeness (QED) is 0.259. The second-order valence-corrected chi connectivity index (χ2v) is 11.2. The minimum absolute atomic E-state index is 0.0169. The molecule has 4 rings (SSSR count). The molecule has 0 radical (unpaired) electrons. The predicted octanol–water partition coefficient (Wildman–Crippen LogP) is 4.15. The van der Waals surface area contributed by atoms with E-state index < -0.39 is 29.7 Å².